The molecule has 0 amide bonds. The van der Waals surface area contributed by atoms with Crippen LogP contribution in [0, 0.1) is 11.7 Å². The number of rotatable bonds is 2. The first-order valence-corrected chi connectivity index (χ1v) is 7.44. The molecule has 0 aliphatic heterocycles. The van der Waals surface area contributed by atoms with Crippen LogP contribution in [0.1, 0.15) is 44.6 Å². The van der Waals surface area contributed by atoms with Gasteiger partial charge in [-0.25, -0.2) is 4.39 Å². The standard InChI is InChI=1S/C15H20BrFO/c1-11-3-2-7-15(18,8-6-11)10-12-4-5-13(17)9-14(12)16/h4-5,9,11,18H,2-3,6-8,10H2,1H3. The van der Waals surface area contributed by atoms with Crippen molar-refractivity contribution in [1.82, 2.24) is 0 Å². The predicted molar refractivity (Wildman–Crippen MR) is 75.0 cm³/mol. The second kappa shape index (κ2) is 5.70. The number of hydrogen-bond acceptors (Lipinski definition) is 1. The summed E-state index contributed by atoms with van der Waals surface area (Å²) in [4.78, 5) is 0. The van der Waals surface area contributed by atoms with Crippen LogP contribution in [-0.4, -0.2) is 10.7 Å². The molecule has 1 N–H and O–H groups in total. The van der Waals surface area contributed by atoms with Crippen molar-refractivity contribution in [3.05, 3.63) is 34.1 Å². The van der Waals surface area contributed by atoms with Gasteiger partial charge in [0.1, 0.15) is 5.82 Å². The molecule has 0 saturated heterocycles. The molecule has 0 radical (unpaired) electrons. The van der Waals surface area contributed by atoms with Gasteiger partial charge in [-0.1, -0.05) is 41.8 Å². The lowest BCUT2D eigenvalue weighted by Gasteiger charge is -2.27. The molecule has 0 bridgehead atoms. The van der Waals surface area contributed by atoms with E-state index >= 15 is 0 Å². The van der Waals surface area contributed by atoms with E-state index in [0.717, 1.165) is 35.7 Å². The third-order valence-corrected chi connectivity index (χ3v) is 4.71. The van der Waals surface area contributed by atoms with Crippen LogP contribution in [0.25, 0.3) is 0 Å². The van der Waals surface area contributed by atoms with Gasteiger partial charge in [-0.3, -0.25) is 0 Å². The maximum atomic E-state index is 13.0. The molecule has 1 aromatic carbocycles. The van der Waals surface area contributed by atoms with Crippen LogP contribution in [0.4, 0.5) is 4.39 Å². The molecular weight excluding hydrogens is 295 g/mol. The minimum Gasteiger partial charge on any atom is -0.390 e. The molecule has 3 heteroatoms. The molecule has 1 aliphatic carbocycles. The van der Waals surface area contributed by atoms with Crippen LogP contribution in [0.5, 0.6) is 0 Å². The minimum absolute atomic E-state index is 0.243. The summed E-state index contributed by atoms with van der Waals surface area (Å²) in [5.74, 6) is 0.461. The van der Waals surface area contributed by atoms with Crippen molar-refractivity contribution >= 4 is 15.9 Å². The van der Waals surface area contributed by atoms with Crippen LogP contribution in [0.2, 0.25) is 0 Å². The SMILES string of the molecule is CC1CCCC(O)(Cc2ccc(F)cc2Br)CC1. The van der Waals surface area contributed by atoms with Gasteiger partial charge in [0.05, 0.1) is 5.60 Å². The first-order chi connectivity index (χ1) is 8.48. The summed E-state index contributed by atoms with van der Waals surface area (Å²) < 4.78 is 13.8. The maximum absolute atomic E-state index is 13.0. The highest BCUT2D eigenvalue weighted by Crippen LogP contribution is 2.34. The van der Waals surface area contributed by atoms with Gasteiger partial charge in [-0.2, -0.15) is 0 Å². The third kappa shape index (κ3) is 3.55. The molecule has 1 aromatic rings. The molecule has 1 fully saturated rings. The van der Waals surface area contributed by atoms with Crippen LogP contribution >= 0.6 is 15.9 Å². The molecule has 0 heterocycles. The van der Waals surface area contributed by atoms with Crippen molar-refractivity contribution in [2.24, 2.45) is 5.92 Å². The summed E-state index contributed by atoms with van der Waals surface area (Å²) >= 11 is 3.38. The fraction of sp³-hybridized carbons (Fsp3) is 0.600. The van der Waals surface area contributed by atoms with Gasteiger partial charge in [-0.05, 0) is 42.9 Å². The van der Waals surface area contributed by atoms with Crippen molar-refractivity contribution in [3.63, 3.8) is 0 Å². The van der Waals surface area contributed by atoms with Crippen molar-refractivity contribution in [2.45, 2.75) is 51.0 Å². The molecule has 1 nitrogen and oxygen atoms in total. The number of benzene rings is 1. The third-order valence-electron chi connectivity index (χ3n) is 3.98. The molecule has 2 atom stereocenters. The number of hydrogen-bond donors (Lipinski definition) is 1. The Labute approximate surface area is 117 Å². The van der Waals surface area contributed by atoms with E-state index in [9.17, 15) is 9.50 Å². The topological polar surface area (TPSA) is 20.2 Å². The molecule has 0 aromatic heterocycles. The van der Waals surface area contributed by atoms with E-state index in [2.05, 4.69) is 22.9 Å². The van der Waals surface area contributed by atoms with E-state index in [4.69, 9.17) is 0 Å². The Hall–Kier alpha value is -0.410. The Morgan fingerprint density at radius 3 is 2.89 bits per heavy atom. The fourth-order valence-electron chi connectivity index (χ4n) is 2.76. The van der Waals surface area contributed by atoms with Gasteiger partial charge in [-0.15, -0.1) is 0 Å². The van der Waals surface area contributed by atoms with Gasteiger partial charge < -0.3 is 5.11 Å². The summed E-state index contributed by atoms with van der Waals surface area (Å²) in [5.41, 5.74) is 0.374. The molecule has 2 unspecified atom stereocenters. The normalized spacial score (nSPS) is 29.0. The zero-order valence-electron chi connectivity index (χ0n) is 10.8. The average Bonchev–Trinajstić information content (AvgIpc) is 2.46. The largest absolute Gasteiger partial charge is 0.390 e. The zero-order valence-corrected chi connectivity index (χ0v) is 12.3. The fourth-order valence-corrected chi connectivity index (χ4v) is 3.25. The van der Waals surface area contributed by atoms with E-state index < -0.39 is 5.60 Å². The van der Waals surface area contributed by atoms with Crippen LogP contribution in [0.15, 0.2) is 22.7 Å². The predicted octanol–water partition coefficient (Wildman–Crippen LogP) is 4.46. The highest BCUT2D eigenvalue weighted by atomic mass is 79.9. The first-order valence-electron chi connectivity index (χ1n) is 6.65. The maximum Gasteiger partial charge on any atom is 0.124 e. The van der Waals surface area contributed by atoms with E-state index in [1.807, 2.05) is 0 Å². The Kier molecular flexibility index (Phi) is 4.44. The Morgan fingerprint density at radius 1 is 1.39 bits per heavy atom. The molecule has 18 heavy (non-hydrogen) atoms. The summed E-state index contributed by atoms with van der Waals surface area (Å²) in [7, 11) is 0. The lowest BCUT2D eigenvalue weighted by atomic mass is 9.87. The van der Waals surface area contributed by atoms with Crippen molar-refractivity contribution in [1.29, 1.82) is 0 Å². The second-order valence-electron chi connectivity index (χ2n) is 5.67. The first kappa shape index (κ1) is 14.0. The highest BCUT2D eigenvalue weighted by Gasteiger charge is 2.30. The van der Waals surface area contributed by atoms with Gasteiger partial charge in [0, 0.05) is 10.9 Å². The quantitative estimate of drug-likeness (QED) is 0.799. The van der Waals surface area contributed by atoms with Crippen LogP contribution < -0.4 is 0 Å². The summed E-state index contributed by atoms with van der Waals surface area (Å²) in [6.45, 7) is 2.25. The van der Waals surface area contributed by atoms with E-state index in [0.29, 0.717) is 12.3 Å². The number of aliphatic hydroxyl groups is 1. The molecule has 0 spiro atoms. The van der Waals surface area contributed by atoms with E-state index in [1.54, 1.807) is 6.07 Å². The lowest BCUT2D eigenvalue weighted by Crippen LogP contribution is -2.30. The van der Waals surface area contributed by atoms with Crippen LogP contribution in [0.3, 0.4) is 0 Å². The van der Waals surface area contributed by atoms with E-state index in [1.165, 1.54) is 18.6 Å². The zero-order chi connectivity index (χ0) is 13.2. The van der Waals surface area contributed by atoms with E-state index in [-0.39, 0.29) is 5.82 Å². The van der Waals surface area contributed by atoms with Crippen molar-refractivity contribution in [3.8, 4) is 0 Å². The van der Waals surface area contributed by atoms with Crippen molar-refractivity contribution in [2.75, 3.05) is 0 Å². The average molecular weight is 315 g/mol. The second-order valence-corrected chi connectivity index (χ2v) is 6.53. The highest BCUT2D eigenvalue weighted by molar-refractivity contribution is 9.10. The summed E-state index contributed by atoms with van der Waals surface area (Å²) in [6.07, 6.45) is 5.67. The van der Waals surface area contributed by atoms with Gasteiger partial charge in [0.15, 0.2) is 0 Å². The van der Waals surface area contributed by atoms with Gasteiger partial charge in [0.25, 0.3) is 0 Å². The number of halogens is 2. The summed E-state index contributed by atoms with van der Waals surface area (Å²) in [5, 5.41) is 10.7. The minimum atomic E-state index is -0.620. The monoisotopic (exact) mass is 314 g/mol. The van der Waals surface area contributed by atoms with Crippen LogP contribution in [-0.2, 0) is 6.42 Å². The molecule has 1 saturated carbocycles. The smallest absolute Gasteiger partial charge is 0.124 e. The molecule has 1 aliphatic rings. The molecule has 2 rings (SSSR count). The Balaban J connectivity index is 2.11. The lowest BCUT2D eigenvalue weighted by molar-refractivity contribution is 0.0242. The Morgan fingerprint density at radius 2 is 2.17 bits per heavy atom. The van der Waals surface area contributed by atoms with Gasteiger partial charge in [0.2, 0.25) is 0 Å². The molecule has 100 valence electrons. The Bertz CT molecular complexity index is 421. The van der Waals surface area contributed by atoms with Crippen molar-refractivity contribution < 1.29 is 9.50 Å². The van der Waals surface area contributed by atoms with Gasteiger partial charge >= 0.3 is 0 Å². The summed E-state index contributed by atoms with van der Waals surface area (Å²) in [6, 6.07) is 4.70. The molecular formula is C15H20BrFO.